The summed E-state index contributed by atoms with van der Waals surface area (Å²) < 4.78 is 11.1. The fraction of sp³-hybridized carbons (Fsp3) is 0.538. The lowest BCUT2D eigenvalue weighted by Crippen LogP contribution is -2.44. The van der Waals surface area contributed by atoms with Crippen LogP contribution >= 0.6 is 0 Å². The van der Waals surface area contributed by atoms with Crippen molar-refractivity contribution in [1.29, 1.82) is 0 Å². The zero-order valence-electron chi connectivity index (χ0n) is 19.2. The fourth-order valence-corrected chi connectivity index (χ4v) is 4.91. The van der Waals surface area contributed by atoms with Crippen LogP contribution in [0, 0.1) is 0 Å². The number of pyridine rings is 1. The highest BCUT2D eigenvalue weighted by Gasteiger charge is 2.39. The summed E-state index contributed by atoms with van der Waals surface area (Å²) in [7, 11) is 0. The molecule has 7 heteroatoms. The Morgan fingerprint density at radius 3 is 2.70 bits per heavy atom. The summed E-state index contributed by atoms with van der Waals surface area (Å²) in [5, 5.41) is 3.88. The quantitative estimate of drug-likeness (QED) is 0.660. The van der Waals surface area contributed by atoms with Gasteiger partial charge in [-0.15, -0.1) is 0 Å². The Kier molecular flexibility index (Phi) is 7.07. The third-order valence-corrected chi connectivity index (χ3v) is 6.97. The predicted octanol–water partition coefficient (Wildman–Crippen LogP) is 3.81. The van der Waals surface area contributed by atoms with Crippen LogP contribution in [0.1, 0.15) is 43.6 Å². The molecule has 1 saturated carbocycles. The van der Waals surface area contributed by atoms with E-state index in [-0.39, 0.29) is 6.09 Å². The second kappa shape index (κ2) is 10.5. The van der Waals surface area contributed by atoms with Crippen LogP contribution in [-0.4, -0.2) is 67.5 Å². The number of benzene rings is 1. The minimum Gasteiger partial charge on any atom is -0.476 e. The molecule has 2 aromatic rings. The number of nitrogens with zero attached hydrogens (tertiary/aromatic N) is 3. The van der Waals surface area contributed by atoms with E-state index in [1.807, 2.05) is 12.1 Å². The van der Waals surface area contributed by atoms with E-state index in [4.69, 9.17) is 9.47 Å². The highest BCUT2D eigenvalue weighted by atomic mass is 16.6. The predicted molar refractivity (Wildman–Crippen MR) is 128 cm³/mol. The van der Waals surface area contributed by atoms with Crippen molar-refractivity contribution in [1.82, 2.24) is 15.2 Å². The molecule has 1 N–H and O–H groups in total. The molecule has 3 aliphatic rings. The van der Waals surface area contributed by atoms with Crippen molar-refractivity contribution in [3.05, 3.63) is 54.2 Å². The smallest absolute Gasteiger partial charge is 0.414 e. The summed E-state index contributed by atoms with van der Waals surface area (Å²) in [6.45, 7) is 4.89. The van der Waals surface area contributed by atoms with Gasteiger partial charge >= 0.3 is 6.09 Å². The molecular weight excluding hydrogens is 416 g/mol. The van der Waals surface area contributed by atoms with Gasteiger partial charge in [0.15, 0.2) is 0 Å². The first kappa shape index (κ1) is 22.2. The van der Waals surface area contributed by atoms with Gasteiger partial charge in [-0.2, -0.15) is 0 Å². The van der Waals surface area contributed by atoms with Gasteiger partial charge in [0.2, 0.25) is 5.88 Å². The molecule has 0 spiro atoms. The van der Waals surface area contributed by atoms with Crippen LogP contribution < -0.4 is 15.0 Å². The molecule has 1 aromatic heterocycles. The molecule has 1 amide bonds. The average molecular weight is 451 g/mol. The van der Waals surface area contributed by atoms with E-state index < -0.39 is 0 Å². The Labute approximate surface area is 196 Å². The first-order chi connectivity index (χ1) is 16.3. The van der Waals surface area contributed by atoms with Crippen LogP contribution in [0.5, 0.6) is 5.88 Å². The Hall–Kier alpha value is -2.64. The van der Waals surface area contributed by atoms with Gasteiger partial charge in [0.25, 0.3) is 0 Å². The van der Waals surface area contributed by atoms with Gasteiger partial charge in [-0.1, -0.05) is 30.3 Å². The molecule has 33 heavy (non-hydrogen) atoms. The van der Waals surface area contributed by atoms with Crippen LogP contribution in [0.2, 0.25) is 0 Å². The van der Waals surface area contributed by atoms with Crippen LogP contribution in [0.25, 0.3) is 0 Å². The van der Waals surface area contributed by atoms with E-state index in [0.717, 1.165) is 38.2 Å². The third-order valence-electron chi connectivity index (χ3n) is 6.97. The molecule has 7 nitrogen and oxygen atoms in total. The van der Waals surface area contributed by atoms with Crippen LogP contribution in [0.4, 0.5) is 10.5 Å². The van der Waals surface area contributed by atoms with Crippen molar-refractivity contribution < 1.29 is 14.3 Å². The molecule has 2 atom stereocenters. The van der Waals surface area contributed by atoms with Crippen LogP contribution in [-0.2, 0) is 4.74 Å². The number of carbonyl (C=O) groups excluding carboxylic acids is 1. The highest BCUT2D eigenvalue weighted by molar-refractivity contribution is 5.87. The molecule has 2 saturated heterocycles. The standard InChI is InChI=1S/C26H34N4O3/c31-26-30(12-4-5-16-33-26)22-8-9-25(27-19-22)32-17-15-29-13-10-21(11-14-29)28-24-18-23(24)20-6-2-1-3-7-20/h1-3,6-9,19,21,23-24,28H,4-5,10-18H2/t23-,24+/m0/s1. The van der Waals surface area contributed by atoms with Gasteiger partial charge in [0.05, 0.1) is 18.5 Å². The molecule has 1 aromatic carbocycles. The topological polar surface area (TPSA) is 66.9 Å². The van der Waals surface area contributed by atoms with Crippen molar-refractivity contribution in [3.63, 3.8) is 0 Å². The minimum absolute atomic E-state index is 0.293. The maximum atomic E-state index is 12.0. The monoisotopic (exact) mass is 450 g/mol. The first-order valence-electron chi connectivity index (χ1n) is 12.3. The summed E-state index contributed by atoms with van der Waals surface area (Å²) in [6, 6.07) is 15.9. The van der Waals surface area contributed by atoms with Crippen molar-refractivity contribution in [3.8, 4) is 5.88 Å². The normalized spacial score (nSPS) is 24.2. The highest BCUT2D eigenvalue weighted by Crippen LogP contribution is 2.41. The number of piperidine rings is 1. The second-order valence-corrected chi connectivity index (χ2v) is 9.32. The number of hydrogen-bond donors (Lipinski definition) is 1. The van der Waals surface area contributed by atoms with Gasteiger partial charge in [0.1, 0.15) is 6.61 Å². The maximum absolute atomic E-state index is 12.0. The van der Waals surface area contributed by atoms with Crippen LogP contribution in [0.3, 0.4) is 0 Å². The number of rotatable bonds is 8. The molecule has 0 radical (unpaired) electrons. The number of carbonyl (C=O) groups is 1. The van der Waals surface area contributed by atoms with Crippen molar-refractivity contribution in [2.45, 2.75) is 50.1 Å². The largest absolute Gasteiger partial charge is 0.476 e. The van der Waals surface area contributed by atoms with Crippen LogP contribution in [0.15, 0.2) is 48.7 Å². The number of cyclic esters (lactones) is 1. The number of aromatic nitrogens is 1. The van der Waals surface area contributed by atoms with Gasteiger partial charge in [-0.25, -0.2) is 9.78 Å². The number of likely N-dealkylation sites (tertiary alicyclic amines) is 1. The SMILES string of the molecule is O=C1OCCCCN1c1ccc(OCCN2CCC(N[C@@H]3C[C@H]3c3ccccc3)CC2)nc1. The van der Waals surface area contributed by atoms with E-state index in [1.165, 1.54) is 24.8 Å². The molecule has 1 aliphatic carbocycles. The molecule has 2 aliphatic heterocycles. The average Bonchev–Trinajstić information content (AvgIpc) is 3.65. The van der Waals surface area contributed by atoms with Crippen molar-refractivity contribution >= 4 is 11.8 Å². The molecule has 0 bridgehead atoms. The Morgan fingerprint density at radius 2 is 1.91 bits per heavy atom. The van der Waals surface area contributed by atoms with E-state index in [0.29, 0.717) is 43.6 Å². The van der Waals surface area contributed by atoms with Crippen molar-refractivity contribution in [2.75, 3.05) is 44.3 Å². The molecule has 5 rings (SSSR count). The lowest BCUT2D eigenvalue weighted by atomic mass is 10.0. The Morgan fingerprint density at radius 1 is 1.06 bits per heavy atom. The minimum atomic E-state index is -0.293. The van der Waals surface area contributed by atoms with E-state index in [2.05, 4.69) is 45.5 Å². The zero-order chi connectivity index (χ0) is 22.5. The first-order valence-corrected chi connectivity index (χ1v) is 12.3. The molecule has 3 heterocycles. The lowest BCUT2D eigenvalue weighted by Gasteiger charge is -2.32. The van der Waals surface area contributed by atoms with Gasteiger partial charge < -0.3 is 14.8 Å². The second-order valence-electron chi connectivity index (χ2n) is 9.32. The molecular formula is C26H34N4O3. The van der Waals surface area contributed by atoms with E-state index in [1.54, 1.807) is 11.1 Å². The summed E-state index contributed by atoms with van der Waals surface area (Å²) in [4.78, 5) is 20.6. The summed E-state index contributed by atoms with van der Waals surface area (Å²) in [5.74, 6) is 1.29. The van der Waals surface area contributed by atoms with E-state index >= 15 is 0 Å². The van der Waals surface area contributed by atoms with Crippen molar-refractivity contribution in [2.24, 2.45) is 0 Å². The lowest BCUT2D eigenvalue weighted by molar-refractivity contribution is 0.158. The molecule has 176 valence electrons. The molecule has 0 unspecified atom stereocenters. The fourth-order valence-electron chi connectivity index (χ4n) is 4.91. The number of amides is 1. The number of ether oxygens (including phenoxy) is 2. The van der Waals surface area contributed by atoms with Gasteiger partial charge in [0, 0.05) is 37.2 Å². The summed E-state index contributed by atoms with van der Waals surface area (Å²) in [5.41, 5.74) is 2.23. The third kappa shape index (κ3) is 5.84. The van der Waals surface area contributed by atoms with E-state index in [9.17, 15) is 4.79 Å². The summed E-state index contributed by atoms with van der Waals surface area (Å²) in [6.07, 6.45) is 6.89. The Bertz CT molecular complexity index is 900. The molecule has 3 fully saturated rings. The Balaban J connectivity index is 0.997. The van der Waals surface area contributed by atoms with Gasteiger partial charge in [-0.3, -0.25) is 9.80 Å². The van der Waals surface area contributed by atoms with Gasteiger partial charge in [-0.05, 0) is 56.8 Å². The number of anilines is 1. The number of nitrogens with one attached hydrogen (secondary N) is 1. The number of hydrogen-bond acceptors (Lipinski definition) is 6. The zero-order valence-corrected chi connectivity index (χ0v) is 19.2. The summed E-state index contributed by atoms with van der Waals surface area (Å²) >= 11 is 0. The maximum Gasteiger partial charge on any atom is 0.414 e.